The maximum Gasteiger partial charge on any atom is 0.339 e. The Morgan fingerprint density at radius 1 is 1.33 bits per heavy atom. The molecule has 1 aliphatic carbocycles. The zero-order valence-corrected chi connectivity index (χ0v) is 13.5. The quantitative estimate of drug-likeness (QED) is 0.914. The number of carboxylic acids is 1. The molecule has 0 aliphatic heterocycles. The number of nitrogens with zero attached hydrogens (tertiary/aromatic N) is 1. The van der Waals surface area contributed by atoms with Crippen molar-refractivity contribution in [3.8, 4) is 0 Å². The number of carboxylic acid groups (broad SMARTS) is 1. The van der Waals surface area contributed by atoms with Crippen LogP contribution in [-0.4, -0.2) is 28.9 Å². The number of benzene rings is 1. The first-order chi connectivity index (χ1) is 11.3. The second-order valence-corrected chi connectivity index (χ2v) is 6.21. The van der Waals surface area contributed by atoms with E-state index in [1.807, 2.05) is 0 Å². The SMILES string of the molecule is Cc1oc(CN(C)C(=O)C2(c3ccccc3F)CC2)cc1C(=O)O. The first kappa shape index (κ1) is 16.2. The molecule has 2 aromatic rings. The van der Waals surface area contributed by atoms with Gasteiger partial charge < -0.3 is 14.4 Å². The second kappa shape index (κ2) is 5.78. The van der Waals surface area contributed by atoms with E-state index >= 15 is 0 Å². The minimum atomic E-state index is -1.07. The smallest absolute Gasteiger partial charge is 0.339 e. The van der Waals surface area contributed by atoms with E-state index < -0.39 is 11.4 Å². The van der Waals surface area contributed by atoms with Gasteiger partial charge in [-0.05, 0) is 31.9 Å². The summed E-state index contributed by atoms with van der Waals surface area (Å²) in [6.45, 7) is 1.71. The summed E-state index contributed by atoms with van der Waals surface area (Å²) >= 11 is 0. The normalized spacial score (nSPS) is 15.1. The standard InChI is InChI=1S/C18H18FNO4/c1-11-13(16(21)22)9-12(24-11)10-20(2)17(23)18(7-8-18)14-5-3-4-6-15(14)19/h3-6,9H,7-8,10H2,1-2H3,(H,21,22). The Balaban J connectivity index is 1.79. The van der Waals surface area contributed by atoms with Crippen LogP contribution in [-0.2, 0) is 16.8 Å². The zero-order chi connectivity index (χ0) is 17.5. The third-order valence-electron chi connectivity index (χ3n) is 4.49. The molecule has 0 saturated heterocycles. The zero-order valence-electron chi connectivity index (χ0n) is 13.5. The van der Waals surface area contributed by atoms with Crippen molar-refractivity contribution in [2.45, 2.75) is 31.7 Å². The van der Waals surface area contributed by atoms with Crippen molar-refractivity contribution < 1.29 is 23.5 Å². The Hall–Kier alpha value is -2.63. The summed E-state index contributed by atoms with van der Waals surface area (Å²) in [5.74, 6) is -0.933. The lowest BCUT2D eigenvalue weighted by Crippen LogP contribution is -2.36. The third-order valence-corrected chi connectivity index (χ3v) is 4.49. The maximum absolute atomic E-state index is 14.1. The van der Waals surface area contributed by atoms with Gasteiger partial charge in [-0.3, -0.25) is 4.79 Å². The maximum atomic E-state index is 14.1. The van der Waals surface area contributed by atoms with Crippen LogP contribution < -0.4 is 0 Å². The van der Waals surface area contributed by atoms with E-state index in [9.17, 15) is 14.0 Å². The van der Waals surface area contributed by atoms with Crippen molar-refractivity contribution in [1.82, 2.24) is 4.90 Å². The van der Waals surface area contributed by atoms with E-state index in [0.29, 0.717) is 29.9 Å². The van der Waals surface area contributed by atoms with Gasteiger partial charge in [0, 0.05) is 12.6 Å². The number of furan rings is 1. The molecule has 1 heterocycles. The van der Waals surface area contributed by atoms with Crippen molar-refractivity contribution in [2.24, 2.45) is 0 Å². The Morgan fingerprint density at radius 2 is 2.00 bits per heavy atom. The summed E-state index contributed by atoms with van der Waals surface area (Å²) in [6.07, 6.45) is 1.21. The van der Waals surface area contributed by atoms with Gasteiger partial charge in [0.05, 0.1) is 12.0 Å². The fraction of sp³-hybridized carbons (Fsp3) is 0.333. The number of hydrogen-bond donors (Lipinski definition) is 1. The van der Waals surface area contributed by atoms with Gasteiger partial charge in [0.15, 0.2) is 0 Å². The highest BCUT2D eigenvalue weighted by Crippen LogP contribution is 2.50. The van der Waals surface area contributed by atoms with Crippen LogP contribution in [0.3, 0.4) is 0 Å². The van der Waals surface area contributed by atoms with Crippen molar-refractivity contribution in [3.05, 3.63) is 58.8 Å². The minimum absolute atomic E-state index is 0.0843. The van der Waals surface area contributed by atoms with E-state index in [1.54, 1.807) is 32.2 Å². The van der Waals surface area contributed by atoms with Crippen LogP contribution in [0.2, 0.25) is 0 Å². The molecule has 1 amide bonds. The number of aryl methyl sites for hydroxylation is 1. The molecule has 24 heavy (non-hydrogen) atoms. The monoisotopic (exact) mass is 331 g/mol. The molecule has 5 nitrogen and oxygen atoms in total. The molecule has 0 unspecified atom stereocenters. The first-order valence-electron chi connectivity index (χ1n) is 7.68. The molecule has 6 heteroatoms. The van der Waals surface area contributed by atoms with Gasteiger partial charge in [-0.15, -0.1) is 0 Å². The molecule has 126 valence electrons. The number of rotatable bonds is 5. The second-order valence-electron chi connectivity index (χ2n) is 6.21. The predicted molar refractivity (Wildman–Crippen MR) is 84.2 cm³/mol. The fourth-order valence-corrected chi connectivity index (χ4v) is 3.08. The first-order valence-corrected chi connectivity index (χ1v) is 7.68. The number of aromatic carboxylic acids is 1. The van der Waals surface area contributed by atoms with Crippen molar-refractivity contribution in [1.29, 1.82) is 0 Å². The summed E-state index contributed by atoms with van der Waals surface area (Å²) in [7, 11) is 1.61. The molecular formula is C18H18FNO4. The summed E-state index contributed by atoms with van der Waals surface area (Å²) in [5, 5.41) is 9.06. The lowest BCUT2D eigenvalue weighted by molar-refractivity contribution is -0.133. The van der Waals surface area contributed by atoms with Gasteiger partial charge in [0.25, 0.3) is 0 Å². The largest absolute Gasteiger partial charge is 0.478 e. The Morgan fingerprint density at radius 3 is 2.54 bits per heavy atom. The van der Waals surface area contributed by atoms with Gasteiger partial charge in [0.2, 0.25) is 5.91 Å². The van der Waals surface area contributed by atoms with Gasteiger partial charge in [-0.1, -0.05) is 18.2 Å². The van der Waals surface area contributed by atoms with Crippen LogP contribution in [0, 0.1) is 12.7 Å². The summed E-state index contributed by atoms with van der Waals surface area (Å²) in [5.41, 5.74) is -0.304. The van der Waals surface area contributed by atoms with E-state index in [4.69, 9.17) is 9.52 Å². The third kappa shape index (κ3) is 2.68. The molecule has 1 fully saturated rings. The van der Waals surface area contributed by atoms with Crippen molar-refractivity contribution in [2.75, 3.05) is 7.05 Å². The van der Waals surface area contributed by atoms with Gasteiger partial charge >= 0.3 is 5.97 Å². The number of likely N-dealkylation sites (N-methyl/N-ethyl adjacent to an activating group) is 1. The van der Waals surface area contributed by atoms with E-state index in [-0.39, 0.29) is 23.8 Å². The van der Waals surface area contributed by atoms with Crippen LogP contribution >= 0.6 is 0 Å². The number of carbonyl (C=O) groups is 2. The van der Waals surface area contributed by atoms with Crippen LogP contribution in [0.5, 0.6) is 0 Å². The highest BCUT2D eigenvalue weighted by atomic mass is 19.1. The molecule has 0 spiro atoms. The van der Waals surface area contributed by atoms with E-state index in [1.165, 1.54) is 17.0 Å². The fourth-order valence-electron chi connectivity index (χ4n) is 3.08. The molecule has 1 saturated carbocycles. The summed E-state index contributed by atoms with van der Waals surface area (Å²) in [6, 6.07) is 7.75. The average molecular weight is 331 g/mol. The Kier molecular flexibility index (Phi) is 3.91. The molecule has 1 N–H and O–H groups in total. The van der Waals surface area contributed by atoms with Gasteiger partial charge in [-0.2, -0.15) is 0 Å². The predicted octanol–water partition coefficient (Wildman–Crippen LogP) is 3.12. The molecule has 0 radical (unpaired) electrons. The highest BCUT2D eigenvalue weighted by Gasteiger charge is 2.53. The molecular weight excluding hydrogens is 313 g/mol. The lowest BCUT2D eigenvalue weighted by Gasteiger charge is -2.23. The number of hydrogen-bond acceptors (Lipinski definition) is 3. The number of carbonyl (C=O) groups excluding carboxylic acids is 1. The summed E-state index contributed by atoms with van der Waals surface area (Å²) in [4.78, 5) is 25.3. The van der Waals surface area contributed by atoms with Crippen molar-refractivity contribution in [3.63, 3.8) is 0 Å². The molecule has 0 atom stereocenters. The molecule has 1 aromatic carbocycles. The van der Waals surface area contributed by atoms with E-state index in [2.05, 4.69) is 0 Å². The molecule has 1 aliphatic rings. The topological polar surface area (TPSA) is 70.8 Å². The average Bonchev–Trinajstić information content (AvgIpc) is 3.25. The number of halogens is 1. The molecule has 0 bridgehead atoms. The molecule has 1 aromatic heterocycles. The lowest BCUT2D eigenvalue weighted by atomic mass is 9.94. The summed E-state index contributed by atoms with van der Waals surface area (Å²) < 4.78 is 19.5. The highest BCUT2D eigenvalue weighted by molar-refractivity contribution is 5.91. The van der Waals surface area contributed by atoms with Crippen molar-refractivity contribution >= 4 is 11.9 Å². The van der Waals surface area contributed by atoms with Gasteiger partial charge in [-0.25, -0.2) is 9.18 Å². The van der Waals surface area contributed by atoms with Crippen LogP contribution in [0.15, 0.2) is 34.7 Å². The minimum Gasteiger partial charge on any atom is -0.478 e. The van der Waals surface area contributed by atoms with Crippen LogP contribution in [0.4, 0.5) is 4.39 Å². The van der Waals surface area contributed by atoms with Gasteiger partial charge in [0.1, 0.15) is 22.9 Å². The van der Waals surface area contributed by atoms with Crippen LogP contribution in [0.25, 0.3) is 0 Å². The molecule has 3 rings (SSSR count). The Bertz CT molecular complexity index is 807. The number of amides is 1. The van der Waals surface area contributed by atoms with Crippen LogP contribution in [0.1, 0.15) is 40.3 Å². The van der Waals surface area contributed by atoms with E-state index in [0.717, 1.165) is 0 Å². The Labute approximate surface area is 138 Å².